The minimum absolute atomic E-state index is 0.174. The smallest absolute Gasteiger partial charge is 0.286 e. The van der Waals surface area contributed by atoms with E-state index in [1.165, 1.54) is 0 Å². The molecule has 0 aliphatic carbocycles. The molecule has 2 amide bonds. The van der Waals surface area contributed by atoms with Gasteiger partial charge in [-0.3, -0.25) is 9.59 Å². The molecule has 0 aliphatic rings. The first-order valence-electron chi connectivity index (χ1n) is 5.89. The third-order valence-corrected chi connectivity index (χ3v) is 3.42. The number of aromatic nitrogens is 2. The predicted octanol–water partition coefficient (Wildman–Crippen LogP) is 2.36. The Labute approximate surface area is 129 Å². The number of halogens is 1. The normalized spacial score (nSPS) is 9.95. The van der Waals surface area contributed by atoms with E-state index in [0.29, 0.717) is 17.8 Å². The Morgan fingerprint density at radius 2 is 1.95 bits per heavy atom. The number of anilines is 1. The average Bonchev–Trinajstić information content (AvgIpc) is 2.92. The molecule has 0 fully saturated rings. The van der Waals surface area contributed by atoms with E-state index in [1.807, 2.05) is 0 Å². The van der Waals surface area contributed by atoms with Crippen molar-refractivity contribution in [3.8, 4) is 0 Å². The van der Waals surface area contributed by atoms with Gasteiger partial charge in [0.1, 0.15) is 0 Å². The van der Waals surface area contributed by atoms with E-state index in [-0.39, 0.29) is 15.4 Å². The number of rotatable bonds is 5. The van der Waals surface area contributed by atoms with E-state index in [9.17, 15) is 9.59 Å². The summed E-state index contributed by atoms with van der Waals surface area (Å²) >= 11 is 6.61. The van der Waals surface area contributed by atoms with E-state index in [0.717, 1.165) is 11.3 Å². The van der Waals surface area contributed by atoms with Crippen LogP contribution in [0.25, 0.3) is 0 Å². The number of nitrogens with one attached hydrogen (secondary N) is 2. The SMILES string of the molecule is C=CCNC(=O)c1ccc(NC(=O)c2nnc(Cl)s2)cc1. The van der Waals surface area contributed by atoms with Crippen molar-refractivity contribution in [1.29, 1.82) is 0 Å². The Kier molecular flexibility index (Phi) is 5.02. The fourth-order valence-corrected chi connectivity index (χ4v) is 2.18. The van der Waals surface area contributed by atoms with Crippen LogP contribution in [0.4, 0.5) is 5.69 Å². The number of hydrogen-bond acceptors (Lipinski definition) is 5. The molecule has 0 saturated heterocycles. The van der Waals surface area contributed by atoms with Gasteiger partial charge in [0.15, 0.2) is 0 Å². The zero-order valence-corrected chi connectivity index (χ0v) is 12.4. The van der Waals surface area contributed by atoms with Crippen molar-refractivity contribution in [3.05, 3.63) is 52.0 Å². The van der Waals surface area contributed by atoms with Crippen LogP contribution in [0.15, 0.2) is 36.9 Å². The fourth-order valence-electron chi connectivity index (χ4n) is 1.45. The summed E-state index contributed by atoms with van der Waals surface area (Å²) in [5, 5.41) is 12.7. The summed E-state index contributed by atoms with van der Waals surface area (Å²) in [5.41, 5.74) is 1.04. The second-order valence-corrected chi connectivity index (χ2v) is 5.45. The van der Waals surface area contributed by atoms with E-state index in [1.54, 1.807) is 30.3 Å². The van der Waals surface area contributed by atoms with E-state index >= 15 is 0 Å². The molecule has 1 aromatic carbocycles. The first kappa shape index (κ1) is 15.1. The first-order valence-corrected chi connectivity index (χ1v) is 7.09. The molecule has 108 valence electrons. The molecule has 2 rings (SSSR count). The van der Waals surface area contributed by atoms with Gasteiger partial charge >= 0.3 is 0 Å². The lowest BCUT2D eigenvalue weighted by Crippen LogP contribution is -2.23. The third-order valence-electron chi connectivity index (χ3n) is 2.41. The number of carbonyl (C=O) groups excluding carboxylic acids is 2. The van der Waals surface area contributed by atoms with Gasteiger partial charge in [0.05, 0.1) is 0 Å². The van der Waals surface area contributed by atoms with Crippen LogP contribution >= 0.6 is 22.9 Å². The Morgan fingerprint density at radius 1 is 1.24 bits per heavy atom. The summed E-state index contributed by atoms with van der Waals surface area (Å²) in [7, 11) is 0. The molecule has 0 spiro atoms. The van der Waals surface area contributed by atoms with Crippen LogP contribution in [0.5, 0.6) is 0 Å². The van der Waals surface area contributed by atoms with Crippen molar-refractivity contribution in [1.82, 2.24) is 15.5 Å². The van der Waals surface area contributed by atoms with Crippen LogP contribution in [0.3, 0.4) is 0 Å². The van der Waals surface area contributed by atoms with Crippen molar-refractivity contribution >= 4 is 40.4 Å². The molecule has 8 heteroatoms. The summed E-state index contributed by atoms with van der Waals surface area (Å²) in [6, 6.07) is 6.48. The highest BCUT2D eigenvalue weighted by Gasteiger charge is 2.12. The second-order valence-electron chi connectivity index (χ2n) is 3.89. The van der Waals surface area contributed by atoms with E-state index in [4.69, 9.17) is 11.6 Å². The van der Waals surface area contributed by atoms with Crippen molar-refractivity contribution in [2.24, 2.45) is 0 Å². The minimum Gasteiger partial charge on any atom is -0.349 e. The van der Waals surface area contributed by atoms with Crippen LogP contribution in [-0.4, -0.2) is 28.6 Å². The average molecular weight is 323 g/mol. The van der Waals surface area contributed by atoms with Gasteiger partial charge in [0, 0.05) is 17.8 Å². The van der Waals surface area contributed by atoms with Crippen molar-refractivity contribution < 1.29 is 9.59 Å². The van der Waals surface area contributed by atoms with E-state index < -0.39 is 5.91 Å². The lowest BCUT2D eigenvalue weighted by atomic mass is 10.2. The third kappa shape index (κ3) is 4.11. The topological polar surface area (TPSA) is 84.0 Å². The molecule has 1 aromatic heterocycles. The molecule has 0 bridgehead atoms. The molecular weight excluding hydrogens is 312 g/mol. The summed E-state index contributed by atoms with van der Waals surface area (Å²) in [5.74, 6) is -0.605. The molecule has 21 heavy (non-hydrogen) atoms. The number of carbonyl (C=O) groups is 2. The molecular formula is C13H11ClN4O2S. The maximum atomic E-state index is 11.8. The van der Waals surface area contributed by atoms with Crippen LogP contribution in [0.1, 0.15) is 20.2 Å². The molecule has 0 radical (unpaired) electrons. The second kappa shape index (κ2) is 6.96. The lowest BCUT2D eigenvalue weighted by Gasteiger charge is -2.05. The monoisotopic (exact) mass is 322 g/mol. The zero-order chi connectivity index (χ0) is 15.2. The van der Waals surface area contributed by atoms with Gasteiger partial charge in [0.25, 0.3) is 11.8 Å². The van der Waals surface area contributed by atoms with Gasteiger partial charge in [-0.1, -0.05) is 17.4 Å². The quantitative estimate of drug-likeness (QED) is 0.828. The molecule has 2 N–H and O–H groups in total. The Morgan fingerprint density at radius 3 is 2.52 bits per heavy atom. The standard InChI is InChI=1S/C13H11ClN4O2S/c1-2-7-15-10(19)8-3-5-9(6-4-8)16-11(20)12-17-18-13(14)21-12/h2-6H,1,7H2,(H,15,19)(H,16,20). The molecule has 0 unspecified atom stereocenters. The number of hydrogen-bond donors (Lipinski definition) is 2. The predicted molar refractivity (Wildman–Crippen MR) is 81.8 cm³/mol. The minimum atomic E-state index is -0.400. The fraction of sp³-hybridized carbons (Fsp3) is 0.0769. The van der Waals surface area contributed by atoms with Crippen molar-refractivity contribution in [2.75, 3.05) is 11.9 Å². The summed E-state index contributed by atoms with van der Waals surface area (Å²) in [6.45, 7) is 3.92. The first-order chi connectivity index (χ1) is 10.1. The Bertz CT molecular complexity index is 669. The number of benzene rings is 1. The van der Waals surface area contributed by atoms with E-state index in [2.05, 4.69) is 27.4 Å². The summed E-state index contributed by atoms with van der Waals surface area (Å²) < 4.78 is 0.203. The highest BCUT2D eigenvalue weighted by molar-refractivity contribution is 7.17. The van der Waals surface area contributed by atoms with Crippen LogP contribution in [0, 0.1) is 0 Å². The van der Waals surface area contributed by atoms with Crippen LogP contribution in [0.2, 0.25) is 4.47 Å². The summed E-state index contributed by atoms with van der Waals surface area (Å²) in [4.78, 5) is 23.5. The Hall–Kier alpha value is -2.25. The molecule has 0 saturated carbocycles. The summed E-state index contributed by atoms with van der Waals surface area (Å²) in [6.07, 6.45) is 1.60. The van der Waals surface area contributed by atoms with Gasteiger partial charge in [-0.05, 0) is 35.9 Å². The molecule has 0 aliphatic heterocycles. The maximum Gasteiger partial charge on any atom is 0.286 e. The van der Waals surface area contributed by atoms with Crippen molar-refractivity contribution in [3.63, 3.8) is 0 Å². The Balaban J connectivity index is 2.00. The molecule has 0 atom stereocenters. The molecule has 6 nitrogen and oxygen atoms in total. The highest BCUT2D eigenvalue weighted by atomic mass is 35.5. The largest absolute Gasteiger partial charge is 0.349 e. The van der Waals surface area contributed by atoms with Crippen LogP contribution < -0.4 is 10.6 Å². The van der Waals surface area contributed by atoms with Gasteiger partial charge < -0.3 is 10.6 Å². The van der Waals surface area contributed by atoms with Crippen molar-refractivity contribution in [2.45, 2.75) is 0 Å². The van der Waals surface area contributed by atoms with Gasteiger partial charge in [0.2, 0.25) is 9.47 Å². The van der Waals surface area contributed by atoms with Gasteiger partial charge in [-0.15, -0.1) is 16.8 Å². The highest BCUT2D eigenvalue weighted by Crippen LogP contribution is 2.17. The van der Waals surface area contributed by atoms with Crippen LogP contribution in [-0.2, 0) is 0 Å². The molecule has 1 heterocycles. The lowest BCUT2D eigenvalue weighted by molar-refractivity contribution is 0.0957. The number of amides is 2. The van der Waals surface area contributed by atoms with Gasteiger partial charge in [-0.25, -0.2) is 0 Å². The zero-order valence-electron chi connectivity index (χ0n) is 10.8. The van der Waals surface area contributed by atoms with Gasteiger partial charge in [-0.2, -0.15) is 0 Å². The molecule has 2 aromatic rings. The number of nitrogens with zero attached hydrogens (tertiary/aromatic N) is 2. The maximum absolute atomic E-state index is 11.8.